The van der Waals surface area contributed by atoms with E-state index >= 15 is 0 Å². The van der Waals surface area contributed by atoms with Crippen molar-refractivity contribution in [2.45, 2.75) is 103 Å². The summed E-state index contributed by atoms with van der Waals surface area (Å²) in [6, 6.07) is 7.57. The van der Waals surface area contributed by atoms with Gasteiger partial charge in [0.15, 0.2) is 0 Å². The first kappa shape index (κ1) is 30.6. The fraction of sp³-hybridized carbons (Fsp3) is 0.581. The molecule has 3 aliphatic rings. The third-order valence-corrected chi connectivity index (χ3v) is 9.46. The van der Waals surface area contributed by atoms with Gasteiger partial charge in [0.2, 0.25) is 6.41 Å². The minimum atomic E-state index is -1.16. The Kier molecular flexibility index (Phi) is 9.64. The van der Waals surface area contributed by atoms with Gasteiger partial charge in [-0.1, -0.05) is 56.7 Å². The van der Waals surface area contributed by atoms with Crippen molar-refractivity contribution in [3.8, 4) is 0 Å². The number of hydrogen-bond acceptors (Lipinski definition) is 9. The highest BCUT2D eigenvalue weighted by molar-refractivity contribution is 7.03. The molecule has 2 fully saturated rings. The van der Waals surface area contributed by atoms with Crippen molar-refractivity contribution in [3.05, 3.63) is 79.3 Å². The van der Waals surface area contributed by atoms with Crippen LogP contribution in [0.3, 0.4) is 0 Å². The lowest BCUT2D eigenvalue weighted by Gasteiger charge is -2.21. The molecule has 2 saturated heterocycles. The Morgan fingerprint density at radius 2 is 1.98 bits per heavy atom. The Morgan fingerprint density at radius 1 is 1.21 bits per heavy atom. The fourth-order valence-electron chi connectivity index (χ4n) is 5.82. The first-order chi connectivity index (χ1) is 20.2. The zero-order valence-electron chi connectivity index (χ0n) is 24.4. The molecule has 0 saturated carbocycles. The zero-order chi connectivity index (χ0) is 29.9. The van der Waals surface area contributed by atoms with Crippen LogP contribution in [-0.2, 0) is 38.6 Å². The summed E-state index contributed by atoms with van der Waals surface area (Å²) < 4.78 is 20.1. The van der Waals surface area contributed by atoms with E-state index in [9.17, 15) is 19.5 Å². The maximum atomic E-state index is 12.6. The van der Waals surface area contributed by atoms with Crippen LogP contribution in [-0.4, -0.2) is 50.4 Å². The van der Waals surface area contributed by atoms with Gasteiger partial charge >= 0.3 is 16.5 Å². The first-order valence-electron chi connectivity index (χ1n) is 14.9. The SMILES string of the molecule is C=C1C(=O)O[C@H]2[C@H]1CC/C(COC(O)NCc1ccc(Cn3c(=O)sn(CCCCC)c3=O)cc1)=C\CC[C@@]1(C)O[C@@H]21. The molecule has 2 aromatic rings. The molecule has 1 unspecified atom stereocenters. The number of aliphatic hydroxyl groups is 1. The molecular formula is C31H41N3O7S. The van der Waals surface area contributed by atoms with Crippen LogP contribution >= 0.6 is 11.5 Å². The van der Waals surface area contributed by atoms with Crippen LogP contribution in [0.5, 0.6) is 0 Å². The maximum Gasteiger partial charge on any atom is 0.341 e. The summed E-state index contributed by atoms with van der Waals surface area (Å²) in [4.78, 5) is 36.9. The first-order valence-corrected chi connectivity index (χ1v) is 15.6. The molecule has 3 heterocycles. The highest BCUT2D eigenvalue weighted by Gasteiger charge is 2.61. The van der Waals surface area contributed by atoms with Crippen LogP contribution in [0, 0.1) is 5.92 Å². The van der Waals surface area contributed by atoms with E-state index in [0.29, 0.717) is 31.5 Å². The van der Waals surface area contributed by atoms with E-state index in [2.05, 4.69) is 31.8 Å². The van der Waals surface area contributed by atoms with Gasteiger partial charge in [0.05, 0.1) is 18.8 Å². The summed E-state index contributed by atoms with van der Waals surface area (Å²) in [6.07, 6.45) is 6.65. The fourth-order valence-corrected chi connectivity index (χ4v) is 6.65. The van der Waals surface area contributed by atoms with Crippen molar-refractivity contribution >= 4 is 17.5 Å². The maximum absolute atomic E-state index is 12.6. The molecule has 5 atom stereocenters. The number of esters is 1. The highest BCUT2D eigenvalue weighted by Crippen LogP contribution is 2.49. The number of ether oxygens (including phenoxy) is 3. The Balaban J connectivity index is 1.10. The molecule has 1 aromatic heterocycles. The van der Waals surface area contributed by atoms with Crippen molar-refractivity contribution in [2.75, 3.05) is 6.61 Å². The lowest BCUT2D eigenvalue weighted by molar-refractivity contribution is -0.140. The van der Waals surface area contributed by atoms with Crippen LogP contribution in [0.4, 0.5) is 0 Å². The zero-order valence-corrected chi connectivity index (χ0v) is 25.2. The van der Waals surface area contributed by atoms with Gasteiger partial charge in [-0.15, -0.1) is 0 Å². The molecule has 228 valence electrons. The molecule has 42 heavy (non-hydrogen) atoms. The van der Waals surface area contributed by atoms with E-state index in [1.807, 2.05) is 24.3 Å². The summed E-state index contributed by atoms with van der Waals surface area (Å²) in [5, 5.41) is 13.4. The second-order valence-electron chi connectivity index (χ2n) is 11.7. The molecule has 0 spiro atoms. The number of epoxide rings is 1. The smallest absolute Gasteiger partial charge is 0.341 e. The largest absolute Gasteiger partial charge is 0.455 e. The number of rotatable bonds is 12. The number of fused-ring (bicyclic) bond motifs is 3. The van der Waals surface area contributed by atoms with E-state index in [1.165, 1.54) is 4.57 Å². The predicted octanol–water partition coefficient (Wildman–Crippen LogP) is 3.45. The predicted molar refractivity (Wildman–Crippen MR) is 159 cm³/mol. The Bertz CT molecular complexity index is 1430. The van der Waals surface area contributed by atoms with Crippen LogP contribution in [0.2, 0.25) is 0 Å². The highest BCUT2D eigenvalue weighted by atomic mass is 32.1. The van der Waals surface area contributed by atoms with Crippen LogP contribution in [0.25, 0.3) is 0 Å². The second-order valence-corrected chi connectivity index (χ2v) is 12.7. The third kappa shape index (κ3) is 7.03. The minimum Gasteiger partial charge on any atom is -0.455 e. The summed E-state index contributed by atoms with van der Waals surface area (Å²) in [5.74, 6) is -0.417. The average Bonchev–Trinajstić information content (AvgIpc) is 3.47. The molecule has 0 amide bonds. The summed E-state index contributed by atoms with van der Waals surface area (Å²) in [5.41, 5.74) is 2.79. The molecule has 2 N–H and O–H groups in total. The lowest BCUT2D eigenvalue weighted by Crippen LogP contribution is -2.32. The van der Waals surface area contributed by atoms with Crippen molar-refractivity contribution < 1.29 is 24.1 Å². The van der Waals surface area contributed by atoms with Crippen LogP contribution < -0.4 is 15.9 Å². The van der Waals surface area contributed by atoms with Crippen molar-refractivity contribution in [1.82, 2.24) is 13.8 Å². The number of hydrogen-bond donors (Lipinski definition) is 2. The Hall–Kier alpha value is -2.83. The monoisotopic (exact) mass is 599 g/mol. The molecule has 1 aliphatic carbocycles. The van der Waals surface area contributed by atoms with E-state index < -0.39 is 6.41 Å². The van der Waals surface area contributed by atoms with Gasteiger partial charge in [-0.3, -0.25) is 10.1 Å². The number of benzene rings is 1. The molecule has 0 radical (unpaired) electrons. The Morgan fingerprint density at radius 3 is 2.74 bits per heavy atom. The molecule has 5 rings (SSSR count). The van der Waals surface area contributed by atoms with Gasteiger partial charge in [0.25, 0.3) is 0 Å². The number of nitrogens with zero attached hydrogens (tertiary/aromatic N) is 2. The van der Waals surface area contributed by atoms with Gasteiger partial charge in [0, 0.05) is 36.1 Å². The van der Waals surface area contributed by atoms with E-state index in [0.717, 1.165) is 60.3 Å². The number of aromatic nitrogens is 2. The van der Waals surface area contributed by atoms with Gasteiger partial charge < -0.3 is 19.3 Å². The van der Waals surface area contributed by atoms with E-state index in [-0.39, 0.29) is 53.4 Å². The molecule has 1 aromatic carbocycles. The van der Waals surface area contributed by atoms with Crippen LogP contribution in [0.1, 0.15) is 69.9 Å². The number of nitrogens with one attached hydrogen (secondary N) is 1. The molecule has 11 heteroatoms. The molecule has 10 nitrogen and oxygen atoms in total. The average molecular weight is 600 g/mol. The van der Waals surface area contributed by atoms with Gasteiger partial charge in [0.1, 0.15) is 12.2 Å². The number of aryl methyl sites for hydroxylation is 1. The van der Waals surface area contributed by atoms with Crippen molar-refractivity contribution in [2.24, 2.45) is 5.92 Å². The summed E-state index contributed by atoms with van der Waals surface area (Å²) in [6.45, 7) is 9.56. The standard InChI is InChI=1S/C31H41N3O7S/c1-4-5-6-16-34-29(37)33(30(38)42-34)18-22-11-9-21(10-12-22)17-32-28(36)39-19-23-8-7-15-31(3)26(41-31)25-24(14-13-23)20(2)27(35)40-25/h8-12,24-26,28,32,36H,2,4-7,13-19H2,1,3H3/b23-8+/t24-,25-,26-,28?,31+/m0/s1. The van der Waals surface area contributed by atoms with Crippen molar-refractivity contribution in [3.63, 3.8) is 0 Å². The number of carbonyl (C=O) groups is 1. The normalized spacial score (nSPS) is 27.5. The quantitative estimate of drug-likeness (QED) is 0.0950. The van der Waals surface area contributed by atoms with Gasteiger partial charge in [-0.25, -0.2) is 18.1 Å². The molecule has 2 aliphatic heterocycles. The molecule has 0 bridgehead atoms. The number of allylic oxidation sites excluding steroid dienone is 1. The van der Waals surface area contributed by atoms with E-state index in [4.69, 9.17) is 14.2 Å². The third-order valence-electron chi connectivity index (χ3n) is 8.53. The Labute approximate surface area is 249 Å². The molecular weight excluding hydrogens is 558 g/mol. The summed E-state index contributed by atoms with van der Waals surface area (Å²) in [7, 11) is 0. The van der Waals surface area contributed by atoms with E-state index in [1.54, 1.807) is 3.96 Å². The number of aliphatic hydroxyl groups excluding tert-OH is 1. The lowest BCUT2D eigenvalue weighted by atomic mass is 9.84. The van der Waals surface area contributed by atoms with Gasteiger partial charge in [-0.05, 0) is 55.7 Å². The van der Waals surface area contributed by atoms with Crippen LogP contribution in [0.15, 0.2) is 57.7 Å². The second kappa shape index (κ2) is 13.2. The minimum absolute atomic E-state index is 0.0770. The topological polar surface area (TPSA) is 124 Å². The van der Waals surface area contributed by atoms with Crippen molar-refractivity contribution in [1.29, 1.82) is 0 Å². The number of unbranched alkanes of at least 4 members (excludes halogenated alkanes) is 2. The van der Waals surface area contributed by atoms with Gasteiger partial charge in [-0.2, -0.15) is 0 Å². The summed E-state index contributed by atoms with van der Waals surface area (Å²) >= 11 is 0.977. The number of carbonyl (C=O) groups excluding carboxylic acids is 1.